The Hall–Kier alpha value is -4.96. The normalized spacial score (nSPS) is 11.4. The summed E-state index contributed by atoms with van der Waals surface area (Å²) < 4.78 is 6.46. The Morgan fingerprint density at radius 1 is 0.686 bits per heavy atom. The Kier molecular flexibility index (Phi) is 10.3. The van der Waals surface area contributed by atoms with Crippen LogP contribution in [0.4, 0.5) is 0 Å². The van der Waals surface area contributed by atoms with Crippen LogP contribution in [0.1, 0.15) is 48.7 Å². The van der Waals surface area contributed by atoms with E-state index in [0.29, 0.717) is 0 Å². The first kappa shape index (κ1) is 35.9. The molecule has 1 radical (unpaired) electrons. The summed E-state index contributed by atoms with van der Waals surface area (Å²) in [6.45, 7) is 15.1. The van der Waals surface area contributed by atoms with Gasteiger partial charge in [-0.3, -0.25) is 4.98 Å². The van der Waals surface area contributed by atoms with Crippen molar-refractivity contribution < 1.29 is 24.5 Å². The van der Waals surface area contributed by atoms with Gasteiger partial charge in [0.1, 0.15) is 5.58 Å². The summed E-state index contributed by atoms with van der Waals surface area (Å²) in [5.41, 5.74) is 14.2. The number of aromatic nitrogens is 3. The van der Waals surface area contributed by atoms with Gasteiger partial charge in [0, 0.05) is 55.2 Å². The first-order chi connectivity index (χ1) is 24.1. The van der Waals surface area contributed by atoms with Gasteiger partial charge in [0.25, 0.3) is 0 Å². The molecular weight excluding hydrogens is 803 g/mol. The molecule has 0 aliphatic heterocycles. The SMILES string of the molecule is Cc1cnc(-c2[c-]cc(C)c(-c3ccccc3)c2)cc1C.Cc1nccc2ccc3c4cc[c-]c(-c5cc(CC(C)(C)C)ccn5)c4oc3c12.[Ir]. The fraction of sp³-hybridized carbons (Fsp3) is 0.196. The third-order valence-electron chi connectivity index (χ3n) is 9.22. The van der Waals surface area contributed by atoms with Gasteiger partial charge in [-0.2, -0.15) is 0 Å². The topological polar surface area (TPSA) is 51.8 Å². The van der Waals surface area contributed by atoms with E-state index < -0.39 is 0 Å². The van der Waals surface area contributed by atoms with Crippen molar-refractivity contribution in [2.75, 3.05) is 0 Å². The van der Waals surface area contributed by atoms with Gasteiger partial charge >= 0.3 is 0 Å². The first-order valence-corrected chi connectivity index (χ1v) is 17.1. The van der Waals surface area contributed by atoms with Gasteiger partial charge in [0.2, 0.25) is 0 Å². The van der Waals surface area contributed by atoms with Gasteiger partial charge in [-0.15, -0.1) is 47.5 Å². The zero-order valence-electron chi connectivity index (χ0n) is 30.2. The molecule has 4 nitrogen and oxygen atoms in total. The molecular formula is C46H41IrN3O-2. The monoisotopic (exact) mass is 844 g/mol. The van der Waals surface area contributed by atoms with E-state index in [4.69, 9.17) is 4.42 Å². The maximum absolute atomic E-state index is 6.46. The molecule has 0 spiro atoms. The molecule has 8 aromatic rings. The van der Waals surface area contributed by atoms with Crippen molar-refractivity contribution in [2.24, 2.45) is 5.41 Å². The molecule has 4 heterocycles. The van der Waals surface area contributed by atoms with Crippen LogP contribution in [0, 0.1) is 45.2 Å². The summed E-state index contributed by atoms with van der Waals surface area (Å²) >= 11 is 0. The van der Waals surface area contributed by atoms with Gasteiger partial charge in [-0.25, -0.2) is 0 Å². The number of rotatable bonds is 4. The van der Waals surface area contributed by atoms with E-state index in [1.54, 1.807) is 0 Å². The van der Waals surface area contributed by atoms with Crippen molar-refractivity contribution in [1.82, 2.24) is 15.0 Å². The average molecular weight is 844 g/mol. The van der Waals surface area contributed by atoms with E-state index in [2.05, 4.69) is 141 Å². The smallest absolute Gasteiger partial charge is 0.130 e. The molecule has 4 aromatic heterocycles. The second kappa shape index (κ2) is 14.7. The van der Waals surface area contributed by atoms with E-state index in [-0.39, 0.29) is 25.5 Å². The number of nitrogens with zero attached hydrogens (tertiary/aromatic N) is 3. The zero-order chi connectivity index (χ0) is 35.0. The summed E-state index contributed by atoms with van der Waals surface area (Å²) in [5, 5.41) is 4.40. The molecule has 0 N–H and O–H groups in total. The minimum Gasteiger partial charge on any atom is -0.500 e. The van der Waals surface area contributed by atoms with Crippen LogP contribution < -0.4 is 0 Å². The summed E-state index contributed by atoms with van der Waals surface area (Å²) in [7, 11) is 0. The quantitative estimate of drug-likeness (QED) is 0.166. The van der Waals surface area contributed by atoms with Crippen LogP contribution in [-0.2, 0) is 26.5 Å². The van der Waals surface area contributed by atoms with Gasteiger partial charge < -0.3 is 14.4 Å². The minimum absolute atomic E-state index is 0. The summed E-state index contributed by atoms with van der Waals surface area (Å²) in [6, 6.07) is 38.1. The number of hydrogen-bond donors (Lipinski definition) is 0. The van der Waals surface area contributed by atoms with E-state index in [9.17, 15) is 0 Å². The molecule has 0 saturated carbocycles. The number of pyridine rings is 3. The minimum atomic E-state index is 0. The van der Waals surface area contributed by atoms with Crippen molar-refractivity contribution in [3.05, 3.63) is 150 Å². The standard InChI is InChI=1S/C26H23N2O.C20H18N.Ir/c1-16-23-18(11-13-27-16)8-9-20-19-6-5-7-21(24(19)29-25(20)23)22-14-17(10-12-28-22)15-26(2,3)4;1-14-9-10-18(20-11-15(2)16(3)13-21-20)12-19(14)17-7-5-4-6-8-17;/h5-6,8-14H,15H2,1-4H3;4-9,11-13H,1-3H3;/q2*-1;. The average Bonchev–Trinajstić information content (AvgIpc) is 3.49. The fourth-order valence-electron chi connectivity index (χ4n) is 6.56. The number of benzene rings is 4. The van der Waals surface area contributed by atoms with Crippen LogP contribution in [-0.4, -0.2) is 15.0 Å². The molecule has 0 saturated heterocycles. The molecule has 4 aromatic carbocycles. The van der Waals surface area contributed by atoms with Crippen molar-refractivity contribution >= 4 is 32.7 Å². The van der Waals surface area contributed by atoms with Crippen molar-refractivity contribution in [3.63, 3.8) is 0 Å². The zero-order valence-corrected chi connectivity index (χ0v) is 32.6. The molecule has 0 unspecified atom stereocenters. The number of fused-ring (bicyclic) bond motifs is 5. The number of furan rings is 1. The first-order valence-electron chi connectivity index (χ1n) is 17.1. The summed E-state index contributed by atoms with van der Waals surface area (Å²) in [5.74, 6) is 0. The van der Waals surface area contributed by atoms with Crippen molar-refractivity contribution in [1.29, 1.82) is 0 Å². The predicted octanol–water partition coefficient (Wildman–Crippen LogP) is 12.0. The van der Waals surface area contributed by atoms with Crippen LogP contribution in [0.15, 0.2) is 114 Å². The van der Waals surface area contributed by atoms with Crippen molar-refractivity contribution in [2.45, 2.75) is 54.9 Å². The second-order valence-electron chi connectivity index (χ2n) is 14.4. The third kappa shape index (κ3) is 7.56. The number of hydrogen-bond acceptors (Lipinski definition) is 4. The van der Waals surface area contributed by atoms with E-state index in [0.717, 1.165) is 67.3 Å². The number of aryl methyl sites for hydroxylation is 4. The Labute approximate surface area is 314 Å². The van der Waals surface area contributed by atoms with E-state index in [1.807, 2.05) is 43.7 Å². The second-order valence-corrected chi connectivity index (χ2v) is 14.4. The van der Waals surface area contributed by atoms with Crippen LogP contribution >= 0.6 is 0 Å². The predicted molar refractivity (Wildman–Crippen MR) is 207 cm³/mol. The molecule has 257 valence electrons. The summed E-state index contributed by atoms with van der Waals surface area (Å²) in [6.07, 6.45) is 6.65. The Morgan fingerprint density at radius 2 is 1.45 bits per heavy atom. The Morgan fingerprint density at radius 3 is 2.22 bits per heavy atom. The third-order valence-corrected chi connectivity index (χ3v) is 9.22. The Balaban J connectivity index is 0.000000181. The van der Waals surface area contributed by atoms with Gasteiger partial charge in [-0.1, -0.05) is 110 Å². The van der Waals surface area contributed by atoms with Crippen molar-refractivity contribution in [3.8, 4) is 33.6 Å². The van der Waals surface area contributed by atoms with Crippen LogP contribution in [0.5, 0.6) is 0 Å². The summed E-state index contributed by atoms with van der Waals surface area (Å²) in [4.78, 5) is 13.7. The molecule has 0 amide bonds. The largest absolute Gasteiger partial charge is 0.500 e. The van der Waals surface area contributed by atoms with Gasteiger partial charge in [0.05, 0.1) is 5.58 Å². The van der Waals surface area contributed by atoms with Gasteiger partial charge in [0.15, 0.2) is 0 Å². The van der Waals surface area contributed by atoms with Crippen LogP contribution in [0.2, 0.25) is 0 Å². The maximum atomic E-state index is 6.46. The van der Waals surface area contributed by atoms with Gasteiger partial charge in [-0.05, 0) is 72.6 Å². The van der Waals surface area contributed by atoms with Crippen LogP contribution in [0.3, 0.4) is 0 Å². The molecule has 8 rings (SSSR count). The van der Waals surface area contributed by atoms with Crippen LogP contribution in [0.25, 0.3) is 66.4 Å². The van der Waals surface area contributed by atoms with E-state index in [1.165, 1.54) is 33.4 Å². The molecule has 0 fully saturated rings. The fourth-order valence-corrected chi connectivity index (χ4v) is 6.56. The Bertz CT molecular complexity index is 2490. The molecule has 5 heteroatoms. The molecule has 51 heavy (non-hydrogen) atoms. The molecule has 0 atom stereocenters. The molecule has 0 aliphatic rings. The van der Waals surface area contributed by atoms with E-state index >= 15 is 0 Å². The molecule has 0 bridgehead atoms. The molecule has 0 aliphatic carbocycles. The maximum Gasteiger partial charge on any atom is 0.130 e.